The van der Waals surface area contributed by atoms with E-state index in [-0.39, 0.29) is 18.3 Å². The molecule has 1 saturated carbocycles. The zero-order chi connectivity index (χ0) is 19.8. The number of rotatable bonds is 9. The second-order valence-corrected chi connectivity index (χ2v) is 8.37. The molecule has 0 saturated heterocycles. The van der Waals surface area contributed by atoms with Gasteiger partial charge < -0.3 is 14.8 Å². The van der Waals surface area contributed by atoms with Crippen molar-refractivity contribution >= 4 is 5.91 Å². The summed E-state index contributed by atoms with van der Waals surface area (Å²) in [5, 5.41) is 3.02. The quantitative estimate of drug-likeness (QED) is 0.587. The van der Waals surface area contributed by atoms with Crippen molar-refractivity contribution in [3.63, 3.8) is 0 Å². The minimum atomic E-state index is -0.221. The molecule has 1 N–H and O–H groups in total. The van der Waals surface area contributed by atoms with E-state index < -0.39 is 0 Å². The Labute approximate surface area is 165 Å². The minimum absolute atomic E-state index is 0.0567. The molecule has 0 radical (unpaired) electrons. The van der Waals surface area contributed by atoms with Gasteiger partial charge >= 0.3 is 0 Å². The lowest BCUT2D eigenvalue weighted by molar-refractivity contribution is -0.138. The maximum Gasteiger partial charge on any atom is 0.217 e. The van der Waals surface area contributed by atoms with Crippen LogP contribution < -0.4 is 10.1 Å². The van der Waals surface area contributed by atoms with Crippen molar-refractivity contribution in [2.75, 3.05) is 0 Å². The van der Waals surface area contributed by atoms with Gasteiger partial charge in [0, 0.05) is 19.4 Å². The molecule has 1 fully saturated rings. The average Bonchev–Trinajstić information content (AvgIpc) is 2.62. The Hall–Kier alpha value is -1.55. The fourth-order valence-corrected chi connectivity index (χ4v) is 3.62. The van der Waals surface area contributed by atoms with Crippen molar-refractivity contribution in [3.8, 4) is 5.75 Å². The van der Waals surface area contributed by atoms with Crippen LogP contribution in [0.5, 0.6) is 5.75 Å². The summed E-state index contributed by atoms with van der Waals surface area (Å²) in [6.45, 7) is 10.4. The predicted octanol–water partition coefficient (Wildman–Crippen LogP) is 5.42. The second kappa shape index (κ2) is 10.7. The highest BCUT2D eigenvalue weighted by molar-refractivity contribution is 5.73. The molecule has 27 heavy (non-hydrogen) atoms. The Morgan fingerprint density at radius 1 is 1.11 bits per heavy atom. The number of nitrogens with one attached hydrogen (secondary N) is 1. The number of hydrogen-bond acceptors (Lipinski definition) is 3. The monoisotopic (exact) mass is 375 g/mol. The standard InChI is InChI=1S/C23H37NO3/c1-6-17(4)19-7-11-21(12-8-19)26-23(15-16(2)3)27-22-13-9-20(10-14-22)24-18(5)25/h7-8,11-12,16-17,20,22-23H,6,9-10,13-15H2,1-5H3,(H,24,25). The molecule has 0 aliphatic heterocycles. The molecule has 4 nitrogen and oxygen atoms in total. The number of hydrogen-bond donors (Lipinski definition) is 1. The van der Waals surface area contributed by atoms with Crippen molar-refractivity contribution in [2.45, 2.75) is 97.5 Å². The lowest BCUT2D eigenvalue weighted by Gasteiger charge is -2.32. The molecule has 2 unspecified atom stereocenters. The maximum absolute atomic E-state index is 11.2. The van der Waals surface area contributed by atoms with Crippen molar-refractivity contribution < 1.29 is 14.3 Å². The van der Waals surface area contributed by atoms with Gasteiger partial charge in [-0.25, -0.2) is 0 Å². The normalized spacial score (nSPS) is 22.3. The summed E-state index contributed by atoms with van der Waals surface area (Å²) in [7, 11) is 0. The number of carbonyl (C=O) groups is 1. The molecule has 0 aromatic heterocycles. The van der Waals surface area contributed by atoms with Crippen molar-refractivity contribution in [3.05, 3.63) is 29.8 Å². The summed E-state index contributed by atoms with van der Waals surface area (Å²) < 4.78 is 12.5. The van der Waals surface area contributed by atoms with Gasteiger partial charge in [-0.05, 0) is 61.6 Å². The second-order valence-electron chi connectivity index (χ2n) is 8.37. The molecular weight excluding hydrogens is 338 g/mol. The molecule has 1 aliphatic carbocycles. The Morgan fingerprint density at radius 3 is 2.26 bits per heavy atom. The summed E-state index contributed by atoms with van der Waals surface area (Å²) in [5.41, 5.74) is 1.35. The molecule has 4 heteroatoms. The number of carbonyl (C=O) groups excluding carboxylic acids is 1. The van der Waals surface area contributed by atoms with Gasteiger partial charge in [0.2, 0.25) is 5.91 Å². The molecule has 0 bridgehead atoms. The number of ether oxygens (including phenoxy) is 2. The molecule has 2 atom stereocenters. The van der Waals surface area contributed by atoms with Gasteiger partial charge in [-0.2, -0.15) is 0 Å². The van der Waals surface area contributed by atoms with Crippen LogP contribution in [-0.2, 0) is 9.53 Å². The van der Waals surface area contributed by atoms with Crippen LogP contribution in [0, 0.1) is 5.92 Å². The first-order valence-electron chi connectivity index (χ1n) is 10.6. The number of amides is 1. The summed E-state index contributed by atoms with van der Waals surface area (Å²) in [6.07, 6.45) is 5.88. The summed E-state index contributed by atoms with van der Waals surface area (Å²) in [4.78, 5) is 11.2. The van der Waals surface area contributed by atoms with Gasteiger partial charge in [0.25, 0.3) is 0 Å². The highest BCUT2D eigenvalue weighted by Crippen LogP contribution is 2.27. The zero-order valence-electron chi connectivity index (χ0n) is 17.7. The molecular formula is C23H37NO3. The van der Waals surface area contributed by atoms with E-state index in [2.05, 4.69) is 57.3 Å². The van der Waals surface area contributed by atoms with E-state index in [0.717, 1.165) is 44.3 Å². The van der Waals surface area contributed by atoms with Gasteiger partial charge in [0.05, 0.1) is 6.10 Å². The van der Waals surface area contributed by atoms with Crippen LogP contribution in [0.1, 0.15) is 84.6 Å². The van der Waals surface area contributed by atoms with E-state index in [1.165, 1.54) is 5.56 Å². The third-order valence-corrected chi connectivity index (χ3v) is 5.42. The van der Waals surface area contributed by atoms with E-state index >= 15 is 0 Å². The van der Waals surface area contributed by atoms with Gasteiger partial charge in [0.15, 0.2) is 6.29 Å². The smallest absolute Gasteiger partial charge is 0.217 e. The van der Waals surface area contributed by atoms with Crippen LogP contribution >= 0.6 is 0 Å². The van der Waals surface area contributed by atoms with E-state index in [9.17, 15) is 4.79 Å². The van der Waals surface area contributed by atoms with Gasteiger partial charge in [-0.15, -0.1) is 0 Å². The molecule has 1 aromatic rings. The SMILES string of the molecule is CCC(C)c1ccc(OC(CC(C)C)OC2CCC(NC(C)=O)CC2)cc1. The van der Waals surface area contributed by atoms with Crippen molar-refractivity contribution in [2.24, 2.45) is 5.92 Å². The molecule has 1 aliphatic rings. The average molecular weight is 376 g/mol. The zero-order valence-corrected chi connectivity index (χ0v) is 17.7. The van der Waals surface area contributed by atoms with Crippen LogP contribution in [0.4, 0.5) is 0 Å². The first kappa shape index (κ1) is 21.7. The first-order chi connectivity index (χ1) is 12.9. The predicted molar refractivity (Wildman–Crippen MR) is 110 cm³/mol. The van der Waals surface area contributed by atoms with E-state index in [4.69, 9.17) is 9.47 Å². The Balaban J connectivity index is 1.90. The van der Waals surface area contributed by atoms with Crippen LogP contribution in [-0.4, -0.2) is 24.3 Å². The van der Waals surface area contributed by atoms with Crippen LogP contribution in [0.25, 0.3) is 0 Å². The maximum atomic E-state index is 11.2. The van der Waals surface area contributed by atoms with Gasteiger partial charge in [-0.1, -0.05) is 39.8 Å². The van der Waals surface area contributed by atoms with E-state index in [1.54, 1.807) is 6.92 Å². The van der Waals surface area contributed by atoms with Crippen molar-refractivity contribution in [1.29, 1.82) is 0 Å². The topological polar surface area (TPSA) is 47.6 Å². The highest BCUT2D eigenvalue weighted by Gasteiger charge is 2.26. The fraction of sp³-hybridized carbons (Fsp3) is 0.696. The van der Waals surface area contributed by atoms with Crippen LogP contribution in [0.3, 0.4) is 0 Å². The summed E-state index contributed by atoms with van der Waals surface area (Å²) in [6, 6.07) is 8.74. The van der Waals surface area contributed by atoms with E-state index in [1.807, 2.05) is 0 Å². The van der Waals surface area contributed by atoms with E-state index in [0.29, 0.717) is 17.9 Å². The van der Waals surface area contributed by atoms with Crippen LogP contribution in [0.15, 0.2) is 24.3 Å². The van der Waals surface area contributed by atoms with Crippen LogP contribution in [0.2, 0.25) is 0 Å². The lowest BCUT2D eigenvalue weighted by Crippen LogP contribution is -2.39. The third-order valence-electron chi connectivity index (χ3n) is 5.42. The molecule has 152 valence electrons. The molecule has 1 aromatic carbocycles. The molecule has 0 spiro atoms. The Kier molecular flexibility index (Phi) is 8.62. The summed E-state index contributed by atoms with van der Waals surface area (Å²) in [5.74, 6) is 2.01. The van der Waals surface area contributed by atoms with Gasteiger partial charge in [-0.3, -0.25) is 4.79 Å². The van der Waals surface area contributed by atoms with Gasteiger partial charge in [0.1, 0.15) is 5.75 Å². The molecule has 0 heterocycles. The Morgan fingerprint density at radius 2 is 1.74 bits per heavy atom. The minimum Gasteiger partial charge on any atom is -0.465 e. The summed E-state index contributed by atoms with van der Waals surface area (Å²) >= 11 is 0. The fourth-order valence-electron chi connectivity index (χ4n) is 3.62. The molecule has 1 amide bonds. The Bertz CT molecular complexity index is 561. The number of benzene rings is 1. The largest absolute Gasteiger partial charge is 0.465 e. The van der Waals surface area contributed by atoms with Crippen molar-refractivity contribution in [1.82, 2.24) is 5.32 Å². The first-order valence-corrected chi connectivity index (χ1v) is 10.6. The third kappa shape index (κ3) is 7.53. The highest BCUT2D eigenvalue weighted by atomic mass is 16.7. The lowest BCUT2D eigenvalue weighted by atomic mass is 9.93. The molecule has 2 rings (SSSR count).